The van der Waals surface area contributed by atoms with Crippen LogP contribution in [0.5, 0.6) is 11.5 Å². The van der Waals surface area contributed by atoms with Crippen molar-refractivity contribution in [2.75, 3.05) is 25.2 Å². The number of benzene rings is 2. The molecule has 0 bridgehead atoms. The van der Waals surface area contributed by atoms with Crippen LogP contribution in [0, 0.1) is 0 Å². The van der Waals surface area contributed by atoms with Crippen LogP contribution in [0.25, 0.3) is 0 Å². The second-order valence-electron chi connectivity index (χ2n) is 6.69. The average molecular weight is 408 g/mol. The Kier molecular flexibility index (Phi) is 6.51. The molecule has 1 heterocycles. The van der Waals surface area contributed by atoms with Gasteiger partial charge in [0, 0.05) is 12.1 Å². The molecule has 1 atom stereocenters. The van der Waals surface area contributed by atoms with Gasteiger partial charge < -0.3 is 14.4 Å². The van der Waals surface area contributed by atoms with Gasteiger partial charge in [0.1, 0.15) is 17.5 Å². The lowest BCUT2D eigenvalue weighted by Crippen LogP contribution is -2.45. The van der Waals surface area contributed by atoms with Gasteiger partial charge in [-0.1, -0.05) is 6.08 Å². The first-order chi connectivity index (χ1) is 14.5. The summed E-state index contributed by atoms with van der Waals surface area (Å²) in [6, 6.07) is 12.4. The Morgan fingerprint density at radius 3 is 2.33 bits per heavy atom. The summed E-state index contributed by atoms with van der Waals surface area (Å²) < 4.78 is 10.5. The minimum absolute atomic E-state index is 0.0816. The molecule has 3 amide bonds. The molecule has 7 nitrogen and oxygen atoms in total. The lowest BCUT2D eigenvalue weighted by Gasteiger charge is -2.26. The van der Waals surface area contributed by atoms with E-state index in [0.29, 0.717) is 29.4 Å². The summed E-state index contributed by atoms with van der Waals surface area (Å²) in [6.07, 6.45) is 1.46. The molecule has 2 aromatic rings. The maximum Gasteiger partial charge on any atom is 0.257 e. The van der Waals surface area contributed by atoms with Crippen LogP contribution in [0.15, 0.2) is 61.2 Å². The highest BCUT2D eigenvalue weighted by atomic mass is 16.5. The fraction of sp³-hybridized carbons (Fsp3) is 0.261. The van der Waals surface area contributed by atoms with Crippen LogP contribution in [0.1, 0.15) is 23.7 Å². The first-order valence-electron chi connectivity index (χ1n) is 9.65. The molecule has 1 aliphatic rings. The summed E-state index contributed by atoms with van der Waals surface area (Å²) in [5.74, 6) is 0.131. The van der Waals surface area contributed by atoms with E-state index >= 15 is 0 Å². The molecule has 7 heteroatoms. The second-order valence-corrected chi connectivity index (χ2v) is 6.69. The van der Waals surface area contributed by atoms with Crippen LogP contribution >= 0.6 is 0 Å². The van der Waals surface area contributed by atoms with Crippen molar-refractivity contribution in [2.24, 2.45) is 0 Å². The van der Waals surface area contributed by atoms with Crippen molar-refractivity contribution in [3.8, 4) is 11.5 Å². The van der Waals surface area contributed by atoms with E-state index in [1.165, 1.54) is 4.90 Å². The summed E-state index contributed by atoms with van der Waals surface area (Å²) in [4.78, 5) is 41.3. The quantitative estimate of drug-likeness (QED) is 0.496. The molecule has 156 valence electrons. The molecule has 1 saturated heterocycles. The predicted molar refractivity (Wildman–Crippen MR) is 113 cm³/mol. The van der Waals surface area contributed by atoms with Gasteiger partial charge in [-0.3, -0.25) is 14.4 Å². The van der Waals surface area contributed by atoms with Crippen molar-refractivity contribution in [1.29, 1.82) is 0 Å². The Morgan fingerprint density at radius 1 is 1.13 bits per heavy atom. The SMILES string of the molecule is C=CCN(C(=O)c1ccc(OC)cc1)C1CC(=O)N(c2ccc(OCC)cc2)C1=O. The highest BCUT2D eigenvalue weighted by Crippen LogP contribution is 2.28. The summed E-state index contributed by atoms with van der Waals surface area (Å²) >= 11 is 0. The largest absolute Gasteiger partial charge is 0.497 e. The van der Waals surface area contributed by atoms with Crippen molar-refractivity contribution < 1.29 is 23.9 Å². The Hall–Kier alpha value is -3.61. The number of nitrogens with zero attached hydrogens (tertiary/aromatic N) is 2. The molecule has 0 saturated carbocycles. The number of methoxy groups -OCH3 is 1. The number of imide groups is 1. The minimum Gasteiger partial charge on any atom is -0.497 e. The van der Waals surface area contributed by atoms with Crippen LogP contribution in [-0.2, 0) is 9.59 Å². The third-order valence-corrected chi connectivity index (χ3v) is 4.83. The van der Waals surface area contributed by atoms with E-state index in [1.807, 2.05) is 6.92 Å². The maximum absolute atomic E-state index is 13.1. The summed E-state index contributed by atoms with van der Waals surface area (Å²) in [6.45, 7) is 6.23. The van der Waals surface area contributed by atoms with Gasteiger partial charge in [-0.25, -0.2) is 4.90 Å². The van der Waals surface area contributed by atoms with Gasteiger partial charge in [0.05, 0.1) is 25.8 Å². The molecule has 3 rings (SSSR count). The molecule has 1 aliphatic heterocycles. The Morgan fingerprint density at radius 2 is 1.77 bits per heavy atom. The smallest absolute Gasteiger partial charge is 0.257 e. The third-order valence-electron chi connectivity index (χ3n) is 4.83. The standard InChI is InChI=1S/C23H24N2O5/c1-4-14-24(22(27)16-6-10-18(29-3)11-7-16)20-15-21(26)25(23(20)28)17-8-12-19(13-9-17)30-5-2/h4,6-13,20H,1,5,14-15H2,2-3H3. The maximum atomic E-state index is 13.1. The summed E-state index contributed by atoms with van der Waals surface area (Å²) in [5, 5.41) is 0. The molecule has 2 aromatic carbocycles. The Labute approximate surface area is 175 Å². The molecule has 1 fully saturated rings. The lowest BCUT2D eigenvalue weighted by molar-refractivity contribution is -0.122. The molecular weight excluding hydrogens is 384 g/mol. The molecular formula is C23H24N2O5. The van der Waals surface area contributed by atoms with Crippen LogP contribution in [0.2, 0.25) is 0 Å². The van der Waals surface area contributed by atoms with E-state index in [0.717, 1.165) is 4.90 Å². The van der Waals surface area contributed by atoms with Crippen molar-refractivity contribution in [3.63, 3.8) is 0 Å². The van der Waals surface area contributed by atoms with E-state index < -0.39 is 11.9 Å². The zero-order chi connectivity index (χ0) is 21.7. The Bertz CT molecular complexity index is 937. The van der Waals surface area contributed by atoms with Crippen molar-refractivity contribution in [3.05, 3.63) is 66.7 Å². The van der Waals surface area contributed by atoms with Crippen LogP contribution < -0.4 is 14.4 Å². The molecule has 0 N–H and O–H groups in total. The van der Waals surface area contributed by atoms with Gasteiger partial charge in [-0.15, -0.1) is 6.58 Å². The van der Waals surface area contributed by atoms with Gasteiger partial charge in [0.25, 0.3) is 11.8 Å². The number of carbonyl (C=O) groups is 3. The average Bonchev–Trinajstić information content (AvgIpc) is 3.06. The fourth-order valence-corrected chi connectivity index (χ4v) is 3.38. The lowest BCUT2D eigenvalue weighted by atomic mass is 10.1. The molecule has 0 spiro atoms. The van der Waals surface area contributed by atoms with Crippen molar-refractivity contribution >= 4 is 23.4 Å². The van der Waals surface area contributed by atoms with E-state index in [2.05, 4.69) is 6.58 Å². The van der Waals surface area contributed by atoms with E-state index in [1.54, 1.807) is 61.7 Å². The van der Waals surface area contributed by atoms with Gasteiger partial charge >= 0.3 is 0 Å². The monoisotopic (exact) mass is 408 g/mol. The van der Waals surface area contributed by atoms with E-state index in [-0.39, 0.29) is 24.8 Å². The fourth-order valence-electron chi connectivity index (χ4n) is 3.38. The van der Waals surface area contributed by atoms with Crippen LogP contribution in [0.4, 0.5) is 5.69 Å². The minimum atomic E-state index is -0.892. The topological polar surface area (TPSA) is 76.2 Å². The molecule has 0 aromatic heterocycles. The summed E-state index contributed by atoms with van der Waals surface area (Å²) in [7, 11) is 1.54. The van der Waals surface area contributed by atoms with Gasteiger partial charge in [0.2, 0.25) is 5.91 Å². The molecule has 0 aliphatic carbocycles. The highest BCUT2D eigenvalue weighted by molar-refractivity contribution is 6.23. The van der Waals surface area contributed by atoms with Crippen molar-refractivity contribution in [2.45, 2.75) is 19.4 Å². The van der Waals surface area contributed by atoms with Gasteiger partial charge in [-0.05, 0) is 55.5 Å². The first kappa shape index (κ1) is 21.1. The van der Waals surface area contributed by atoms with Crippen LogP contribution in [0.3, 0.4) is 0 Å². The molecule has 1 unspecified atom stereocenters. The number of carbonyl (C=O) groups excluding carboxylic acids is 3. The van der Waals surface area contributed by atoms with Crippen LogP contribution in [-0.4, -0.2) is 48.9 Å². The number of hydrogen-bond acceptors (Lipinski definition) is 5. The van der Waals surface area contributed by atoms with Gasteiger partial charge in [0.15, 0.2) is 0 Å². The predicted octanol–water partition coefficient (Wildman–Crippen LogP) is 3.05. The molecule has 30 heavy (non-hydrogen) atoms. The number of rotatable bonds is 8. The zero-order valence-corrected chi connectivity index (χ0v) is 17.0. The second kappa shape index (κ2) is 9.26. The van der Waals surface area contributed by atoms with E-state index in [4.69, 9.17) is 9.47 Å². The highest BCUT2D eigenvalue weighted by Gasteiger charge is 2.44. The normalized spacial score (nSPS) is 15.8. The first-order valence-corrected chi connectivity index (χ1v) is 9.65. The summed E-state index contributed by atoms with van der Waals surface area (Å²) in [5.41, 5.74) is 0.851. The zero-order valence-electron chi connectivity index (χ0n) is 17.0. The number of hydrogen-bond donors (Lipinski definition) is 0. The molecule has 0 radical (unpaired) electrons. The van der Waals surface area contributed by atoms with E-state index in [9.17, 15) is 14.4 Å². The third kappa shape index (κ3) is 4.20. The Balaban J connectivity index is 1.84. The number of anilines is 1. The van der Waals surface area contributed by atoms with Crippen molar-refractivity contribution in [1.82, 2.24) is 4.90 Å². The number of ether oxygens (including phenoxy) is 2. The number of amides is 3. The van der Waals surface area contributed by atoms with Gasteiger partial charge in [-0.2, -0.15) is 0 Å².